The predicted molar refractivity (Wildman–Crippen MR) is 148 cm³/mol. The summed E-state index contributed by atoms with van der Waals surface area (Å²) in [5.74, 6) is -1.38. The Morgan fingerprint density at radius 1 is 1.00 bits per heavy atom. The van der Waals surface area contributed by atoms with Crippen molar-refractivity contribution in [3.05, 3.63) is 34.9 Å². The molecule has 2 N–H and O–H groups in total. The third-order valence-corrected chi connectivity index (χ3v) is 5.74. The number of ether oxygens (including phenoxy) is 2. The fourth-order valence-corrected chi connectivity index (χ4v) is 4.21. The molecule has 0 radical (unpaired) electrons. The molecule has 9 heteroatoms. The minimum atomic E-state index is -1.00. The molecule has 0 saturated heterocycles. The molecule has 2 unspecified atom stereocenters. The highest BCUT2D eigenvalue weighted by Crippen LogP contribution is 2.26. The van der Waals surface area contributed by atoms with E-state index in [0.717, 1.165) is 24.0 Å². The lowest BCUT2D eigenvalue weighted by Gasteiger charge is -2.35. The fourth-order valence-electron chi connectivity index (χ4n) is 4.21. The van der Waals surface area contributed by atoms with Gasteiger partial charge in [-0.1, -0.05) is 62.9 Å². The number of methoxy groups -OCH3 is 1. The van der Waals surface area contributed by atoms with E-state index in [-0.39, 0.29) is 18.4 Å². The number of hydrogen-bond acceptors (Lipinski definition) is 6. The van der Waals surface area contributed by atoms with Crippen LogP contribution >= 0.6 is 0 Å². The number of aryl methyl sites for hydroxylation is 2. The summed E-state index contributed by atoms with van der Waals surface area (Å²) in [6.07, 6.45) is 2.14. The van der Waals surface area contributed by atoms with Crippen LogP contribution in [0.1, 0.15) is 90.0 Å². The van der Waals surface area contributed by atoms with Crippen molar-refractivity contribution < 1.29 is 28.7 Å². The van der Waals surface area contributed by atoms with Crippen LogP contribution in [0.25, 0.3) is 0 Å². The Kier molecular flexibility index (Phi) is 13.3. The molecule has 2 atom stereocenters. The van der Waals surface area contributed by atoms with Crippen LogP contribution in [-0.2, 0) is 23.9 Å². The Morgan fingerprint density at radius 2 is 1.61 bits per heavy atom. The number of unbranched alkanes of at least 4 members (excludes halogenated alkanes) is 2. The summed E-state index contributed by atoms with van der Waals surface area (Å²) < 4.78 is 10.1. The second-order valence-electron chi connectivity index (χ2n) is 11.2. The Bertz CT molecular complexity index is 934. The van der Waals surface area contributed by atoms with E-state index in [2.05, 4.69) is 22.3 Å². The van der Waals surface area contributed by atoms with Crippen molar-refractivity contribution in [1.82, 2.24) is 15.5 Å². The van der Waals surface area contributed by atoms with Gasteiger partial charge in [0.25, 0.3) is 0 Å². The zero-order chi connectivity index (χ0) is 29.0. The molecule has 38 heavy (non-hydrogen) atoms. The third-order valence-electron chi connectivity index (χ3n) is 5.74. The number of amides is 3. The minimum absolute atomic E-state index is 0.0872. The van der Waals surface area contributed by atoms with Crippen molar-refractivity contribution in [3.63, 3.8) is 0 Å². The highest BCUT2D eigenvalue weighted by atomic mass is 16.6. The summed E-state index contributed by atoms with van der Waals surface area (Å²) in [4.78, 5) is 53.7. The van der Waals surface area contributed by atoms with Crippen LogP contribution < -0.4 is 10.6 Å². The van der Waals surface area contributed by atoms with E-state index in [1.807, 2.05) is 45.9 Å². The molecule has 3 amide bonds. The van der Waals surface area contributed by atoms with E-state index >= 15 is 0 Å². The van der Waals surface area contributed by atoms with Crippen molar-refractivity contribution in [2.45, 2.75) is 98.8 Å². The maximum absolute atomic E-state index is 14.1. The molecule has 0 aliphatic carbocycles. The summed E-state index contributed by atoms with van der Waals surface area (Å²) in [7, 11) is 1.25. The Morgan fingerprint density at radius 3 is 2.11 bits per heavy atom. The monoisotopic (exact) mass is 533 g/mol. The average molecular weight is 534 g/mol. The molecular weight excluding hydrogens is 486 g/mol. The first kappa shape index (κ1) is 32.9. The van der Waals surface area contributed by atoms with E-state index in [1.165, 1.54) is 12.0 Å². The average Bonchev–Trinajstić information content (AvgIpc) is 2.78. The quantitative estimate of drug-likeness (QED) is 0.283. The van der Waals surface area contributed by atoms with Gasteiger partial charge in [0.05, 0.1) is 7.11 Å². The summed E-state index contributed by atoms with van der Waals surface area (Å²) in [5, 5.41) is 5.37. The van der Waals surface area contributed by atoms with Gasteiger partial charge in [0.1, 0.15) is 24.2 Å². The van der Waals surface area contributed by atoms with Crippen LogP contribution in [0.5, 0.6) is 0 Å². The molecule has 1 aromatic rings. The van der Waals surface area contributed by atoms with E-state index < -0.39 is 35.7 Å². The molecular formula is C29H47N3O6. The van der Waals surface area contributed by atoms with Crippen LogP contribution in [0.2, 0.25) is 0 Å². The number of hydrogen-bond donors (Lipinski definition) is 2. The number of alkyl carbamates (subject to hydrolysis) is 1. The first-order valence-electron chi connectivity index (χ1n) is 13.4. The third kappa shape index (κ3) is 11.5. The molecule has 0 aliphatic rings. The lowest BCUT2D eigenvalue weighted by Crippen LogP contribution is -2.54. The van der Waals surface area contributed by atoms with Gasteiger partial charge < -0.3 is 25.0 Å². The molecule has 0 saturated carbocycles. The van der Waals surface area contributed by atoms with Gasteiger partial charge >= 0.3 is 12.1 Å². The molecule has 0 heterocycles. The molecule has 1 aromatic carbocycles. The number of nitrogens with zero attached hydrogens (tertiary/aromatic N) is 1. The molecule has 0 spiro atoms. The topological polar surface area (TPSA) is 114 Å². The van der Waals surface area contributed by atoms with Crippen molar-refractivity contribution in [3.8, 4) is 0 Å². The number of esters is 1. The van der Waals surface area contributed by atoms with Gasteiger partial charge in [-0.2, -0.15) is 0 Å². The van der Waals surface area contributed by atoms with E-state index in [9.17, 15) is 19.2 Å². The van der Waals surface area contributed by atoms with Gasteiger partial charge in [-0.05, 0) is 58.9 Å². The van der Waals surface area contributed by atoms with Crippen LogP contribution in [0, 0.1) is 19.8 Å². The zero-order valence-corrected chi connectivity index (χ0v) is 24.6. The first-order valence-corrected chi connectivity index (χ1v) is 13.4. The van der Waals surface area contributed by atoms with Crippen LogP contribution in [-0.4, -0.2) is 60.6 Å². The fraction of sp³-hybridized carbons (Fsp3) is 0.655. The highest BCUT2D eigenvalue weighted by molar-refractivity contribution is 5.93. The first-order chi connectivity index (χ1) is 17.7. The van der Waals surface area contributed by atoms with E-state index in [1.54, 1.807) is 20.8 Å². The van der Waals surface area contributed by atoms with Gasteiger partial charge in [0.15, 0.2) is 0 Å². The van der Waals surface area contributed by atoms with Crippen LogP contribution in [0.15, 0.2) is 18.2 Å². The van der Waals surface area contributed by atoms with E-state index in [0.29, 0.717) is 24.9 Å². The number of carbonyl (C=O) groups is 4. The SMILES string of the molecule is CCCCCN(C(=O)C(CC(C)C)NC(=O)OC(C)(C)C)C(C(=O)NCC(=O)OC)c1cc(C)cc(C)c1. The molecule has 0 bridgehead atoms. The molecule has 0 fully saturated rings. The van der Waals surface area contributed by atoms with Crippen molar-refractivity contribution in [2.24, 2.45) is 5.92 Å². The van der Waals surface area contributed by atoms with Crippen LogP contribution in [0.3, 0.4) is 0 Å². The molecule has 214 valence electrons. The Balaban J connectivity index is 3.55. The molecule has 0 aromatic heterocycles. The largest absolute Gasteiger partial charge is 0.468 e. The smallest absolute Gasteiger partial charge is 0.408 e. The second kappa shape index (κ2) is 15.3. The van der Waals surface area contributed by atoms with Crippen molar-refractivity contribution >= 4 is 23.9 Å². The van der Waals surface area contributed by atoms with Crippen molar-refractivity contribution in [1.29, 1.82) is 0 Å². The molecule has 0 aliphatic heterocycles. The second-order valence-corrected chi connectivity index (χ2v) is 11.2. The number of benzene rings is 1. The van der Waals surface area contributed by atoms with Gasteiger partial charge in [0.2, 0.25) is 11.8 Å². The Hall–Kier alpha value is -3.10. The minimum Gasteiger partial charge on any atom is -0.468 e. The van der Waals surface area contributed by atoms with Gasteiger partial charge in [-0.25, -0.2) is 4.79 Å². The summed E-state index contributed by atoms with van der Waals surface area (Å²) in [6, 6.07) is 3.83. The molecule has 1 rings (SSSR count). The summed E-state index contributed by atoms with van der Waals surface area (Å²) in [5.41, 5.74) is 1.79. The zero-order valence-electron chi connectivity index (χ0n) is 24.6. The lowest BCUT2D eigenvalue weighted by molar-refractivity contribution is -0.145. The normalized spacial score (nSPS) is 12.9. The number of rotatable bonds is 13. The van der Waals surface area contributed by atoms with Gasteiger partial charge in [-0.3, -0.25) is 14.4 Å². The lowest BCUT2D eigenvalue weighted by atomic mass is 9.96. The summed E-state index contributed by atoms with van der Waals surface area (Å²) >= 11 is 0. The van der Waals surface area contributed by atoms with Crippen molar-refractivity contribution in [2.75, 3.05) is 20.2 Å². The van der Waals surface area contributed by atoms with E-state index in [4.69, 9.17) is 4.74 Å². The van der Waals surface area contributed by atoms with Crippen LogP contribution in [0.4, 0.5) is 4.79 Å². The number of nitrogens with one attached hydrogen (secondary N) is 2. The van der Waals surface area contributed by atoms with Gasteiger partial charge in [-0.15, -0.1) is 0 Å². The maximum atomic E-state index is 14.1. The standard InChI is InChI=1S/C29H47N3O6/c1-10-11-12-13-32(27(35)23(14-19(2)3)31-28(36)38-29(6,7)8)25(26(34)30-18-24(33)37-9)22-16-20(4)15-21(5)17-22/h15-17,19,23,25H,10-14,18H2,1-9H3,(H,30,34)(H,31,36). The maximum Gasteiger partial charge on any atom is 0.408 e. The highest BCUT2D eigenvalue weighted by Gasteiger charge is 2.36. The molecule has 9 nitrogen and oxygen atoms in total. The summed E-state index contributed by atoms with van der Waals surface area (Å²) in [6.45, 7) is 15.1. The Labute approximate surface area is 228 Å². The number of carbonyl (C=O) groups excluding carboxylic acids is 4. The van der Waals surface area contributed by atoms with Gasteiger partial charge in [0, 0.05) is 6.54 Å². The predicted octanol–water partition coefficient (Wildman–Crippen LogP) is 4.59.